The highest BCUT2D eigenvalue weighted by Gasteiger charge is 2.30. The molecule has 1 aliphatic rings. The zero-order valence-corrected chi connectivity index (χ0v) is 13.2. The minimum absolute atomic E-state index is 0.0473. The summed E-state index contributed by atoms with van der Waals surface area (Å²) in [7, 11) is 1.84. The van der Waals surface area contributed by atoms with Gasteiger partial charge >= 0.3 is 6.18 Å². The summed E-state index contributed by atoms with van der Waals surface area (Å²) in [6, 6.07) is 1.34. The molecule has 0 aromatic carbocycles. The zero-order chi connectivity index (χ0) is 17.3. The van der Waals surface area contributed by atoms with Crippen LogP contribution in [0.1, 0.15) is 34.8 Å². The van der Waals surface area contributed by atoms with Crippen LogP contribution in [0.4, 0.5) is 13.2 Å². The van der Waals surface area contributed by atoms with Crippen LogP contribution in [0, 0.1) is 0 Å². The molecule has 6 nitrogen and oxygen atoms in total. The zero-order valence-electron chi connectivity index (χ0n) is 13.2. The Morgan fingerprint density at radius 3 is 2.88 bits per heavy atom. The van der Waals surface area contributed by atoms with Crippen molar-refractivity contribution in [1.29, 1.82) is 0 Å². The number of hydrogen-bond donors (Lipinski definition) is 0. The first-order valence-corrected chi connectivity index (χ1v) is 7.70. The Bertz CT molecular complexity index is 721. The molecular weight excluding hydrogens is 323 g/mol. The number of aromatic nitrogens is 4. The molecule has 0 N–H and O–H groups in total. The molecule has 2 aromatic rings. The Kier molecular flexibility index (Phi) is 4.33. The number of piperidine rings is 1. The van der Waals surface area contributed by atoms with Gasteiger partial charge < -0.3 is 4.90 Å². The molecule has 0 spiro atoms. The topological polar surface area (TPSA) is 56.0 Å². The number of alkyl halides is 3. The van der Waals surface area contributed by atoms with Crippen LogP contribution in [0.15, 0.2) is 24.7 Å². The number of halogens is 3. The van der Waals surface area contributed by atoms with Gasteiger partial charge in [0.2, 0.25) is 0 Å². The third kappa shape index (κ3) is 3.77. The summed E-state index contributed by atoms with van der Waals surface area (Å²) >= 11 is 0. The van der Waals surface area contributed by atoms with Gasteiger partial charge in [-0.25, -0.2) is 0 Å². The lowest BCUT2D eigenvalue weighted by Gasteiger charge is -2.31. The Morgan fingerprint density at radius 2 is 2.21 bits per heavy atom. The van der Waals surface area contributed by atoms with Gasteiger partial charge in [0, 0.05) is 38.4 Å². The van der Waals surface area contributed by atoms with Gasteiger partial charge in [-0.3, -0.25) is 14.2 Å². The highest BCUT2D eigenvalue weighted by atomic mass is 19.4. The van der Waals surface area contributed by atoms with Gasteiger partial charge in [-0.05, 0) is 24.5 Å². The predicted octanol–water partition coefficient (Wildman–Crippen LogP) is 2.20. The molecule has 2 aromatic heterocycles. The van der Waals surface area contributed by atoms with Crippen molar-refractivity contribution in [3.63, 3.8) is 0 Å². The van der Waals surface area contributed by atoms with Crippen LogP contribution in [-0.4, -0.2) is 49.6 Å². The van der Waals surface area contributed by atoms with Gasteiger partial charge in [-0.2, -0.15) is 23.4 Å². The molecule has 0 radical (unpaired) electrons. The molecule has 9 heteroatoms. The maximum atomic E-state index is 12.5. The quantitative estimate of drug-likeness (QED) is 0.860. The minimum atomic E-state index is -4.36. The molecule has 1 saturated heterocycles. The van der Waals surface area contributed by atoms with E-state index in [1.807, 2.05) is 13.2 Å². The van der Waals surface area contributed by atoms with E-state index in [0.717, 1.165) is 23.1 Å². The molecule has 1 unspecified atom stereocenters. The molecular formula is C15H18F3N5O. The van der Waals surface area contributed by atoms with Crippen LogP contribution in [0.3, 0.4) is 0 Å². The molecule has 1 amide bonds. The fourth-order valence-electron chi connectivity index (χ4n) is 2.99. The van der Waals surface area contributed by atoms with Crippen molar-refractivity contribution in [2.75, 3.05) is 13.1 Å². The van der Waals surface area contributed by atoms with E-state index in [4.69, 9.17) is 0 Å². The van der Waals surface area contributed by atoms with E-state index < -0.39 is 12.7 Å². The molecule has 0 aliphatic carbocycles. The lowest BCUT2D eigenvalue weighted by Crippen LogP contribution is -2.39. The molecule has 0 saturated carbocycles. The molecule has 0 bridgehead atoms. The summed E-state index contributed by atoms with van der Waals surface area (Å²) in [5.74, 6) is -0.141. The second-order valence-corrected chi connectivity index (χ2v) is 6.05. The lowest BCUT2D eigenvalue weighted by molar-refractivity contribution is -0.142. The van der Waals surface area contributed by atoms with E-state index in [9.17, 15) is 18.0 Å². The van der Waals surface area contributed by atoms with Crippen molar-refractivity contribution < 1.29 is 18.0 Å². The highest BCUT2D eigenvalue weighted by Crippen LogP contribution is 2.27. The SMILES string of the molecule is Cn1cc(C2CCCN(C(=O)c3ccn(CC(F)(F)F)n3)C2)cn1. The first kappa shape index (κ1) is 16.5. The first-order chi connectivity index (χ1) is 11.3. The largest absolute Gasteiger partial charge is 0.408 e. The first-order valence-electron chi connectivity index (χ1n) is 7.70. The maximum absolute atomic E-state index is 12.5. The molecule has 24 heavy (non-hydrogen) atoms. The summed E-state index contributed by atoms with van der Waals surface area (Å²) in [4.78, 5) is 14.2. The number of hydrogen-bond acceptors (Lipinski definition) is 3. The molecule has 3 heterocycles. The number of rotatable bonds is 3. The van der Waals surface area contributed by atoms with E-state index in [-0.39, 0.29) is 17.5 Å². The van der Waals surface area contributed by atoms with Crippen LogP contribution >= 0.6 is 0 Å². The average molecular weight is 341 g/mol. The fourth-order valence-corrected chi connectivity index (χ4v) is 2.99. The van der Waals surface area contributed by atoms with Crippen molar-refractivity contribution in [1.82, 2.24) is 24.5 Å². The smallest absolute Gasteiger partial charge is 0.337 e. The fraction of sp³-hybridized carbons (Fsp3) is 0.533. The van der Waals surface area contributed by atoms with Crippen molar-refractivity contribution >= 4 is 5.91 Å². The number of aryl methyl sites for hydroxylation is 1. The maximum Gasteiger partial charge on any atom is 0.408 e. The van der Waals surface area contributed by atoms with Crippen molar-refractivity contribution in [2.24, 2.45) is 7.05 Å². The van der Waals surface area contributed by atoms with E-state index in [1.165, 1.54) is 12.3 Å². The number of nitrogens with zero attached hydrogens (tertiary/aromatic N) is 5. The molecule has 1 aliphatic heterocycles. The summed E-state index contributed by atoms with van der Waals surface area (Å²) in [5, 5.41) is 7.91. The van der Waals surface area contributed by atoms with E-state index in [0.29, 0.717) is 13.1 Å². The van der Waals surface area contributed by atoms with Crippen LogP contribution in [0.25, 0.3) is 0 Å². The lowest BCUT2D eigenvalue weighted by atomic mass is 9.92. The standard InChI is InChI=1S/C15H18F3N5O/c1-21-8-12(7-19-21)11-3-2-5-22(9-11)14(24)13-4-6-23(20-13)10-15(16,17)18/h4,6-8,11H,2-3,5,9-10H2,1H3. The van der Waals surface area contributed by atoms with E-state index in [2.05, 4.69) is 10.2 Å². The predicted molar refractivity (Wildman–Crippen MR) is 79.4 cm³/mol. The van der Waals surface area contributed by atoms with Crippen LogP contribution in [0.5, 0.6) is 0 Å². The summed E-state index contributed by atoms with van der Waals surface area (Å²) < 4.78 is 39.6. The number of carbonyl (C=O) groups excluding carboxylic acids is 1. The van der Waals surface area contributed by atoms with Crippen molar-refractivity contribution in [3.8, 4) is 0 Å². The van der Waals surface area contributed by atoms with Gasteiger partial charge in [-0.15, -0.1) is 0 Å². The second kappa shape index (κ2) is 6.29. The summed E-state index contributed by atoms with van der Waals surface area (Å²) in [5.41, 5.74) is 1.11. The Balaban J connectivity index is 1.68. The monoisotopic (exact) mass is 341 g/mol. The number of carbonyl (C=O) groups is 1. The number of likely N-dealkylation sites (tertiary alicyclic amines) is 1. The normalized spacial score (nSPS) is 18.8. The van der Waals surface area contributed by atoms with Crippen LogP contribution < -0.4 is 0 Å². The van der Waals surface area contributed by atoms with Crippen LogP contribution in [-0.2, 0) is 13.6 Å². The molecule has 1 atom stereocenters. The third-order valence-corrected chi connectivity index (χ3v) is 4.11. The summed E-state index contributed by atoms with van der Waals surface area (Å²) in [6.07, 6.45) is 2.34. The van der Waals surface area contributed by atoms with Gasteiger partial charge in [0.05, 0.1) is 6.20 Å². The Morgan fingerprint density at radius 1 is 1.42 bits per heavy atom. The van der Waals surface area contributed by atoms with E-state index >= 15 is 0 Å². The van der Waals surface area contributed by atoms with Gasteiger partial charge in [0.15, 0.2) is 0 Å². The minimum Gasteiger partial charge on any atom is -0.337 e. The van der Waals surface area contributed by atoms with Crippen LogP contribution in [0.2, 0.25) is 0 Å². The second-order valence-electron chi connectivity index (χ2n) is 6.05. The third-order valence-electron chi connectivity index (χ3n) is 4.11. The number of amides is 1. The van der Waals surface area contributed by atoms with Gasteiger partial charge in [-0.1, -0.05) is 0 Å². The molecule has 3 rings (SSSR count). The van der Waals surface area contributed by atoms with Gasteiger partial charge in [0.25, 0.3) is 5.91 Å². The van der Waals surface area contributed by atoms with Crippen molar-refractivity contribution in [3.05, 3.63) is 35.9 Å². The van der Waals surface area contributed by atoms with Gasteiger partial charge in [0.1, 0.15) is 12.2 Å². The Hall–Kier alpha value is -2.32. The highest BCUT2D eigenvalue weighted by molar-refractivity contribution is 5.92. The molecule has 130 valence electrons. The van der Waals surface area contributed by atoms with E-state index in [1.54, 1.807) is 15.8 Å². The van der Waals surface area contributed by atoms with Crippen molar-refractivity contribution in [2.45, 2.75) is 31.5 Å². The molecule has 1 fully saturated rings. The Labute approximate surface area is 136 Å². The average Bonchev–Trinajstić information content (AvgIpc) is 3.14. The summed E-state index contributed by atoms with van der Waals surface area (Å²) in [6.45, 7) is -0.0863.